The van der Waals surface area contributed by atoms with Gasteiger partial charge < -0.3 is 25.4 Å². The molecule has 0 aromatic heterocycles. The van der Waals surface area contributed by atoms with Crippen LogP contribution in [0.1, 0.15) is 56.3 Å². The number of ether oxygens (including phenoxy) is 1. The van der Waals surface area contributed by atoms with Crippen LogP contribution in [0.25, 0.3) is 0 Å². The van der Waals surface area contributed by atoms with E-state index in [2.05, 4.69) is 10.6 Å². The first-order valence-corrected chi connectivity index (χ1v) is 14.1. The van der Waals surface area contributed by atoms with E-state index in [9.17, 15) is 23.1 Å². The van der Waals surface area contributed by atoms with Crippen LogP contribution in [0.2, 0.25) is 0 Å². The zero-order chi connectivity index (χ0) is 25.8. The van der Waals surface area contributed by atoms with Crippen molar-refractivity contribution in [1.29, 1.82) is 0 Å². The normalized spacial score (nSPS) is 22.6. The van der Waals surface area contributed by atoms with Gasteiger partial charge in [0, 0.05) is 25.6 Å². The molecule has 0 bridgehead atoms. The van der Waals surface area contributed by atoms with Crippen LogP contribution in [-0.2, 0) is 10.0 Å². The van der Waals surface area contributed by atoms with Crippen LogP contribution < -0.4 is 15.4 Å². The van der Waals surface area contributed by atoms with Crippen molar-refractivity contribution in [2.45, 2.75) is 64.1 Å². The Morgan fingerprint density at radius 3 is 2.60 bits per heavy atom. The average Bonchev–Trinajstić information content (AvgIpc) is 2.81. The Morgan fingerprint density at radius 2 is 1.97 bits per heavy atom. The molecule has 0 spiro atoms. The number of sulfonamides is 1. The highest BCUT2D eigenvalue weighted by molar-refractivity contribution is 7.88. The van der Waals surface area contributed by atoms with Gasteiger partial charge in [0.25, 0.3) is 5.91 Å². The van der Waals surface area contributed by atoms with E-state index in [0.29, 0.717) is 5.69 Å². The highest BCUT2D eigenvalue weighted by Crippen LogP contribution is 2.35. The van der Waals surface area contributed by atoms with Gasteiger partial charge in [-0.2, -0.15) is 0 Å². The third-order valence-corrected chi connectivity index (χ3v) is 8.16. The van der Waals surface area contributed by atoms with Gasteiger partial charge in [0.05, 0.1) is 36.7 Å². The molecule has 10 nitrogen and oxygen atoms in total. The summed E-state index contributed by atoms with van der Waals surface area (Å²) >= 11 is 0. The maximum Gasteiger partial charge on any atom is 0.319 e. The number of anilines is 1. The Labute approximate surface area is 208 Å². The van der Waals surface area contributed by atoms with E-state index >= 15 is 0 Å². The Balaban J connectivity index is 1.95. The van der Waals surface area contributed by atoms with Crippen LogP contribution >= 0.6 is 0 Å². The van der Waals surface area contributed by atoms with Gasteiger partial charge in [-0.15, -0.1) is 0 Å². The predicted molar refractivity (Wildman–Crippen MR) is 134 cm³/mol. The Bertz CT molecular complexity index is 1010. The summed E-state index contributed by atoms with van der Waals surface area (Å²) in [5.41, 5.74) is 0.585. The minimum atomic E-state index is -3.46. The summed E-state index contributed by atoms with van der Waals surface area (Å²) in [5, 5.41) is 15.6. The summed E-state index contributed by atoms with van der Waals surface area (Å²) in [5.74, 6) is -0.376. The Hall–Kier alpha value is -2.37. The van der Waals surface area contributed by atoms with Crippen molar-refractivity contribution in [3.8, 4) is 5.75 Å². The number of carbonyl (C=O) groups excluding carboxylic acids is 2. The van der Waals surface area contributed by atoms with Crippen molar-refractivity contribution < 1.29 is 27.9 Å². The molecule has 3 N–H and O–H groups in total. The summed E-state index contributed by atoms with van der Waals surface area (Å²) in [6.07, 6.45) is 5.72. The number of benzene rings is 1. The fourth-order valence-corrected chi connectivity index (χ4v) is 4.96. The van der Waals surface area contributed by atoms with Gasteiger partial charge in [0.15, 0.2) is 5.75 Å². The van der Waals surface area contributed by atoms with Crippen molar-refractivity contribution in [3.05, 3.63) is 23.8 Å². The Kier molecular flexibility index (Phi) is 9.00. The summed E-state index contributed by atoms with van der Waals surface area (Å²) in [7, 11) is -1.98. The molecule has 3 atom stereocenters. The van der Waals surface area contributed by atoms with Gasteiger partial charge in [-0.05, 0) is 31.9 Å². The lowest BCUT2D eigenvalue weighted by molar-refractivity contribution is 0.0389. The molecule has 1 saturated carbocycles. The molecule has 0 saturated heterocycles. The fourth-order valence-electron chi connectivity index (χ4n) is 4.54. The van der Waals surface area contributed by atoms with E-state index in [1.807, 2.05) is 6.92 Å². The van der Waals surface area contributed by atoms with E-state index in [1.54, 1.807) is 30.0 Å². The molecule has 3 amide bonds. The first-order chi connectivity index (χ1) is 16.5. The SMILES string of the molecule is C[C@@H]1CN([C@@H](C)CO)C(=O)c2cccc(NC(=O)NC3CCCCC3)c2O[C@@H]1CN(C)S(C)(=O)=O. The molecule has 1 aliphatic heterocycles. The van der Waals surface area contributed by atoms with Crippen LogP contribution in [0.15, 0.2) is 18.2 Å². The van der Waals surface area contributed by atoms with E-state index in [-0.39, 0.29) is 54.9 Å². The lowest BCUT2D eigenvalue weighted by Gasteiger charge is -2.38. The van der Waals surface area contributed by atoms with Crippen LogP contribution in [0.4, 0.5) is 10.5 Å². The molecule has 1 aromatic rings. The van der Waals surface area contributed by atoms with Crippen molar-refractivity contribution in [3.63, 3.8) is 0 Å². The van der Waals surface area contributed by atoms with Crippen molar-refractivity contribution in [2.75, 3.05) is 38.3 Å². The van der Waals surface area contributed by atoms with Gasteiger partial charge in [-0.1, -0.05) is 32.3 Å². The average molecular weight is 511 g/mol. The fraction of sp³-hybridized carbons (Fsp3) is 0.667. The van der Waals surface area contributed by atoms with E-state index in [0.717, 1.165) is 31.9 Å². The molecule has 0 unspecified atom stereocenters. The highest BCUT2D eigenvalue weighted by atomic mass is 32.2. The van der Waals surface area contributed by atoms with Gasteiger partial charge >= 0.3 is 6.03 Å². The second kappa shape index (κ2) is 11.6. The number of urea groups is 1. The van der Waals surface area contributed by atoms with Gasteiger partial charge in [-0.25, -0.2) is 17.5 Å². The molecule has 35 heavy (non-hydrogen) atoms. The van der Waals surface area contributed by atoms with Crippen molar-refractivity contribution >= 4 is 27.6 Å². The van der Waals surface area contributed by atoms with Crippen LogP contribution in [-0.4, -0.2) is 85.9 Å². The van der Waals surface area contributed by atoms with E-state index in [4.69, 9.17) is 4.74 Å². The largest absolute Gasteiger partial charge is 0.486 e. The maximum atomic E-state index is 13.5. The topological polar surface area (TPSA) is 128 Å². The quantitative estimate of drug-likeness (QED) is 0.516. The number of aliphatic hydroxyl groups excluding tert-OH is 1. The first kappa shape index (κ1) is 27.2. The van der Waals surface area contributed by atoms with Crippen LogP contribution in [0.5, 0.6) is 5.75 Å². The Morgan fingerprint density at radius 1 is 1.29 bits per heavy atom. The molecule has 11 heteroatoms. The number of rotatable bonds is 7. The van der Waals surface area contributed by atoms with Gasteiger partial charge in [0.2, 0.25) is 10.0 Å². The van der Waals surface area contributed by atoms with Crippen LogP contribution in [0, 0.1) is 5.92 Å². The molecule has 196 valence electrons. The number of nitrogens with one attached hydrogen (secondary N) is 2. The minimum absolute atomic E-state index is 0.0670. The van der Waals surface area contributed by atoms with Crippen LogP contribution in [0.3, 0.4) is 0 Å². The molecule has 1 fully saturated rings. The molecule has 1 heterocycles. The van der Waals surface area contributed by atoms with Gasteiger partial charge in [-0.3, -0.25) is 4.79 Å². The second-order valence-corrected chi connectivity index (χ2v) is 11.9. The molecule has 3 rings (SSSR count). The third kappa shape index (κ3) is 6.86. The summed E-state index contributed by atoms with van der Waals surface area (Å²) in [6, 6.07) is 4.23. The van der Waals surface area contributed by atoms with Crippen molar-refractivity contribution in [2.24, 2.45) is 5.92 Å². The third-order valence-electron chi connectivity index (χ3n) is 6.88. The monoisotopic (exact) mass is 510 g/mol. The number of aliphatic hydroxyl groups is 1. The summed E-state index contributed by atoms with van der Waals surface area (Å²) < 4.78 is 31.7. The molecule has 1 aromatic carbocycles. The second-order valence-electron chi connectivity index (χ2n) is 9.78. The number of para-hydroxylation sites is 1. The van der Waals surface area contributed by atoms with E-state index < -0.39 is 22.2 Å². The molecular weight excluding hydrogens is 472 g/mol. The zero-order valence-electron chi connectivity index (χ0n) is 21.0. The standard InChI is InChI=1S/C24H38N4O6S/c1-16-13-28(17(2)15-29)23(30)19-11-8-12-20(26-24(31)25-18-9-6-5-7-10-18)22(19)34-21(16)14-27(3)35(4,32)33/h8,11-12,16-18,21,29H,5-7,9-10,13-15H2,1-4H3,(H2,25,26,31)/t16-,17+,21-/m1/s1. The number of fused-ring (bicyclic) bond motifs is 1. The zero-order valence-corrected chi connectivity index (χ0v) is 21.8. The highest BCUT2D eigenvalue weighted by Gasteiger charge is 2.35. The van der Waals surface area contributed by atoms with Crippen molar-refractivity contribution in [1.82, 2.24) is 14.5 Å². The smallest absolute Gasteiger partial charge is 0.319 e. The number of hydrogen-bond donors (Lipinski definition) is 3. The maximum absolute atomic E-state index is 13.5. The lowest BCUT2D eigenvalue weighted by atomic mass is 9.96. The molecule has 1 aliphatic carbocycles. The summed E-state index contributed by atoms with van der Waals surface area (Å²) in [6.45, 7) is 3.76. The number of nitrogens with zero attached hydrogens (tertiary/aromatic N) is 2. The minimum Gasteiger partial charge on any atom is -0.486 e. The number of likely N-dealkylation sites (N-methyl/N-ethyl adjacent to an activating group) is 1. The number of amides is 3. The first-order valence-electron chi connectivity index (χ1n) is 12.2. The molecule has 2 aliphatic rings. The number of hydrogen-bond acceptors (Lipinski definition) is 6. The molecule has 0 radical (unpaired) electrons. The predicted octanol–water partition coefficient (Wildman–Crippen LogP) is 2.25. The van der Waals surface area contributed by atoms with Gasteiger partial charge in [0.1, 0.15) is 6.10 Å². The van der Waals surface area contributed by atoms with E-state index in [1.165, 1.54) is 17.8 Å². The summed E-state index contributed by atoms with van der Waals surface area (Å²) in [4.78, 5) is 27.8. The molecular formula is C24H38N4O6S. The lowest BCUT2D eigenvalue weighted by Crippen LogP contribution is -2.50. The number of carbonyl (C=O) groups is 2.